The predicted molar refractivity (Wildman–Crippen MR) is 86.5 cm³/mol. The average Bonchev–Trinajstić information content (AvgIpc) is 2.55. The maximum absolute atomic E-state index is 12.7. The van der Waals surface area contributed by atoms with Gasteiger partial charge >= 0.3 is 0 Å². The predicted octanol–water partition coefficient (Wildman–Crippen LogP) is 3.28. The summed E-state index contributed by atoms with van der Waals surface area (Å²) >= 11 is 0. The second-order valence-corrected chi connectivity index (χ2v) is 5.13. The standard InChI is InChI=1S/C18H21NO3/c1-13-8-5-6-9-14(13)12-19(2)18(20)15-10-7-11-16(21-3)17(15)22-4/h5-11H,12H2,1-4H3. The third-order valence-corrected chi connectivity index (χ3v) is 3.65. The van der Waals surface area contributed by atoms with Crippen LogP contribution >= 0.6 is 0 Å². The Bertz CT molecular complexity index is 667. The summed E-state index contributed by atoms with van der Waals surface area (Å²) in [6.45, 7) is 2.59. The first-order valence-corrected chi connectivity index (χ1v) is 7.09. The molecule has 0 aliphatic rings. The summed E-state index contributed by atoms with van der Waals surface area (Å²) in [6.07, 6.45) is 0. The number of methoxy groups -OCH3 is 2. The van der Waals surface area contributed by atoms with Gasteiger partial charge in [0.15, 0.2) is 11.5 Å². The van der Waals surface area contributed by atoms with Gasteiger partial charge in [-0.25, -0.2) is 0 Å². The van der Waals surface area contributed by atoms with E-state index in [1.165, 1.54) is 12.7 Å². The molecular weight excluding hydrogens is 278 g/mol. The van der Waals surface area contributed by atoms with Gasteiger partial charge in [0.2, 0.25) is 0 Å². The highest BCUT2D eigenvalue weighted by Crippen LogP contribution is 2.31. The van der Waals surface area contributed by atoms with E-state index in [1.54, 1.807) is 37.3 Å². The molecule has 0 atom stereocenters. The van der Waals surface area contributed by atoms with E-state index >= 15 is 0 Å². The summed E-state index contributed by atoms with van der Waals surface area (Å²) in [5, 5.41) is 0. The number of amides is 1. The number of carbonyl (C=O) groups is 1. The molecule has 2 rings (SSSR count). The Morgan fingerprint density at radius 1 is 1.05 bits per heavy atom. The van der Waals surface area contributed by atoms with Crippen LogP contribution in [0.5, 0.6) is 11.5 Å². The Balaban J connectivity index is 2.26. The van der Waals surface area contributed by atoms with Crippen LogP contribution in [0.25, 0.3) is 0 Å². The van der Waals surface area contributed by atoms with Crippen LogP contribution in [0.4, 0.5) is 0 Å². The maximum Gasteiger partial charge on any atom is 0.257 e. The number of carbonyl (C=O) groups excluding carboxylic acids is 1. The van der Waals surface area contributed by atoms with Crippen LogP contribution in [0.1, 0.15) is 21.5 Å². The first-order valence-electron chi connectivity index (χ1n) is 7.09. The second kappa shape index (κ2) is 6.98. The topological polar surface area (TPSA) is 38.8 Å². The van der Waals surface area contributed by atoms with Gasteiger partial charge in [-0.15, -0.1) is 0 Å². The highest BCUT2D eigenvalue weighted by atomic mass is 16.5. The van der Waals surface area contributed by atoms with Gasteiger partial charge < -0.3 is 14.4 Å². The van der Waals surface area contributed by atoms with Crippen molar-refractivity contribution in [2.45, 2.75) is 13.5 Å². The number of nitrogens with zero attached hydrogens (tertiary/aromatic N) is 1. The molecule has 1 amide bonds. The monoisotopic (exact) mass is 299 g/mol. The van der Waals surface area contributed by atoms with Crippen molar-refractivity contribution in [2.75, 3.05) is 21.3 Å². The number of hydrogen-bond donors (Lipinski definition) is 0. The average molecular weight is 299 g/mol. The highest BCUT2D eigenvalue weighted by Gasteiger charge is 2.20. The molecule has 22 heavy (non-hydrogen) atoms. The fourth-order valence-corrected chi connectivity index (χ4v) is 2.38. The van der Waals surface area contributed by atoms with Gasteiger partial charge in [-0.2, -0.15) is 0 Å². The van der Waals surface area contributed by atoms with Crippen LogP contribution in [0.3, 0.4) is 0 Å². The van der Waals surface area contributed by atoms with E-state index in [0.717, 1.165) is 5.56 Å². The quantitative estimate of drug-likeness (QED) is 0.850. The van der Waals surface area contributed by atoms with Crippen molar-refractivity contribution in [2.24, 2.45) is 0 Å². The smallest absolute Gasteiger partial charge is 0.257 e. The van der Waals surface area contributed by atoms with Crippen molar-refractivity contribution in [3.05, 3.63) is 59.2 Å². The molecule has 0 spiro atoms. The minimum Gasteiger partial charge on any atom is -0.493 e. The largest absolute Gasteiger partial charge is 0.493 e. The molecule has 0 heterocycles. The van der Waals surface area contributed by atoms with Gasteiger partial charge in [-0.1, -0.05) is 30.3 Å². The number of hydrogen-bond acceptors (Lipinski definition) is 3. The molecule has 0 saturated heterocycles. The zero-order valence-electron chi connectivity index (χ0n) is 13.4. The lowest BCUT2D eigenvalue weighted by Gasteiger charge is -2.20. The van der Waals surface area contributed by atoms with Gasteiger partial charge in [-0.05, 0) is 30.2 Å². The van der Waals surface area contributed by atoms with Gasteiger partial charge in [0.05, 0.1) is 19.8 Å². The lowest BCUT2D eigenvalue weighted by Crippen LogP contribution is -2.27. The van der Waals surface area contributed by atoms with E-state index in [0.29, 0.717) is 23.6 Å². The Labute approximate surface area is 131 Å². The number of para-hydroxylation sites is 1. The van der Waals surface area contributed by atoms with Crippen LogP contribution in [-0.4, -0.2) is 32.1 Å². The summed E-state index contributed by atoms with van der Waals surface area (Å²) in [6, 6.07) is 13.4. The Kier molecular flexibility index (Phi) is 5.04. The molecular formula is C18H21NO3. The molecule has 4 heteroatoms. The van der Waals surface area contributed by atoms with Crippen molar-refractivity contribution in [3.8, 4) is 11.5 Å². The Morgan fingerprint density at radius 3 is 2.41 bits per heavy atom. The highest BCUT2D eigenvalue weighted by molar-refractivity contribution is 5.97. The first kappa shape index (κ1) is 15.9. The summed E-state index contributed by atoms with van der Waals surface area (Å²) in [5.74, 6) is 0.920. The zero-order chi connectivity index (χ0) is 16.1. The molecule has 4 nitrogen and oxygen atoms in total. The molecule has 0 aromatic heterocycles. The summed E-state index contributed by atoms with van der Waals surface area (Å²) < 4.78 is 10.6. The molecule has 0 radical (unpaired) electrons. The molecule has 2 aromatic carbocycles. The number of ether oxygens (including phenoxy) is 2. The number of aryl methyl sites for hydroxylation is 1. The Hall–Kier alpha value is -2.49. The SMILES string of the molecule is COc1cccc(C(=O)N(C)Cc2ccccc2C)c1OC. The van der Waals surface area contributed by atoms with E-state index in [2.05, 4.69) is 0 Å². The number of rotatable bonds is 5. The van der Waals surface area contributed by atoms with Gasteiger partial charge in [0.1, 0.15) is 0 Å². The molecule has 116 valence electrons. The summed E-state index contributed by atoms with van der Waals surface area (Å²) in [4.78, 5) is 14.4. The molecule has 0 fully saturated rings. The summed E-state index contributed by atoms with van der Waals surface area (Å²) in [7, 11) is 4.88. The van der Waals surface area contributed by atoms with Crippen LogP contribution in [0.15, 0.2) is 42.5 Å². The van der Waals surface area contributed by atoms with Crippen molar-refractivity contribution >= 4 is 5.91 Å². The van der Waals surface area contributed by atoms with Crippen molar-refractivity contribution < 1.29 is 14.3 Å². The lowest BCUT2D eigenvalue weighted by molar-refractivity contribution is 0.0781. The van der Waals surface area contributed by atoms with E-state index in [9.17, 15) is 4.79 Å². The van der Waals surface area contributed by atoms with Gasteiger partial charge in [0.25, 0.3) is 5.91 Å². The van der Waals surface area contributed by atoms with Crippen LogP contribution in [0.2, 0.25) is 0 Å². The van der Waals surface area contributed by atoms with E-state index in [4.69, 9.17) is 9.47 Å². The lowest BCUT2D eigenvalue weighted by atomic mass is 10.1. The molecule has 0 bridgehead atoms. The van der Waals surface area contributed by atoms with E-state index in [-0.39, 0.29) is 5.91 Å². The molecule has 0 N–H and O–H groups in total. The second-order valence-electron chi connectivity index (χ2n) is 5.13. The molecule has 0 aliphatic carbocycles. The Morgan fingerprint density at radius 2 is 1.77 bits per heavy atom. The fourth-order valence-electron chi connectivity index (χ4n) is 2.38. The summed E-state index contributed by atoms with van der Waals surface area (Å²) in [5.41, 5.74) is 2.79. The number of benzene rings is 2. The van der Waals surface area contributed by atoms with Crippen molar-refractivity contribution in [1.29, 1.82) is 0 Å². The van der Waals surface area contributed by atoms with Crippen molar-refractivity contribution in [3.63, 3.8) is 0 Å². The third-order valence-electron chi connectivity index (χ3n) is 3.65. The normalized spacial score (nSPS) is 10.2. The van der Waals surface area contributed by atoms with Crippen LogP contribution < -0.4 is 9.47 Å². The van der Waals surface area contributed by atoms with Crippen LogP contribution in [-0.2, 0) is 6.54 Å². The third kappa shape index (κ3) is 3.22. The van der Waals surface area contributed by atoms with E-state index in [1.807, 2.05) is 31.2 Å². The zero-order valence-corrected chi connectivity index (χ0v) is 13.4. The fraction of sp³-hybridized carbons (Fsp3) is 0.278. The van der Waals surface area contributed by atoms with E-state index < -0.39 is 0 Å². The minimum absolute atomic E-state index is 0.0981. The molecule has 0 saturated carbocycles. The van der Waals surface area contributed by atoms with Crippen molar-refractivity contribution in [1.82, 2.24) is 4.90 Å². The van der Waals surface area contributed by atoms with Gasteiger partial charge in [0, 0.05) is 13.6 Å². The molecule has 2 aromatic rings. The maximum atomic E-state index is 12.7. The minimum atomic E-state index is -0.0981. The van der Waals surface area contributed by atoms with Gasteiger partial charge in [-0.3, -0.25) is 4.79 Å². The van der Waals surface area contributed by atoms with Crippen LogP contribution in [0, 0.1) is 6.92 Å². The molecule has 0 unspecified atom stereocenters. The molecule has 0 aliphatic heterocycles. The first-order chi connectivity index (χ1) is 10.6.